The van der Waals surface area contributed by atoms with E-state index >= 15 is 0 Å². The van der Waals surface area contributed by atoms with Gasteiger partial charge < -0.3 is 15.3 Å². The first-order valence-electron chi connectivity index (χ1n) is 6.98. The number of nitrogens with zero attached hydrogens (tertiary/aromatic N) is 3. The lowest BCUT2D eigenvalue weighted by molar-refractivity contribution is -0.138. The summed E-state index contributed by atoms with van der Waals surface area (Å²) < 4.78 is 0. The van der Waals surface area contributed by atoms with Crippen LogP contribution in [0.3, 0.4) is 0 Å². The van der Waals surface area contributed by atoms with Crippen LogP contribution in [0.5, 0.6) is 0 Å². The Morgan fingerprint density at radius 2 is 2.26 bits per heavy atom. The molecule has 1 atom stereocenters. The van der Waals surface area contributed by atoms with Gasteiger partial charge in [-0.1, -0.05) is 30.0 Å². The summed E-state index contributed by atoms with van der Waals surface area (Å²) in [7, 11) is 4.00. The molecule has 0 aromatic heterocycles. The molecular formula is C15H18N4O3S. The van der Waals surface area contributed by atoms with Gasteiger partial charge in [-0.05, 0) is 31.3 Å². The Hall–Kier alpha value is -2.19. The van der Waals surface area contributed by atoms with Gasteiger partial charge in [-0.3, -0.25) is 9.59 Å². The number of amides is 1. The van der Waals surface area contributed by atoms with Crippen molar-refractivity contribution in [3.05, 3.63) is 35.4 Å². The van der Waals surface area contributed by atoms with Crippen LogP contribution in [-0.2, 0) is 16.1 Å². The molecule has 1 amide bonds. The minimum atomic E-state index is -1.01. The third kappa shape index (κ3) is 5.50. The molecule has 0 aliphatic carbocycles. The number of carbonyl (C=O) groups is 2. The molecule has 23 heavy (non-hydrogen) atoms. The van der Waals surface area contributed by atoms with Crippen LogP contribution >= 0.6 is 11.8 Å². The molecule has 2 N–H and O–H groups in total. The maximum absolute atomic E-state index is 11.6. The van der Waals surface area contributed by atoms with Gasteiger partial charge in [0.2, 0.25) is 5.91 Å². The summed E-state index contributed by atoms with van der Waals surface area (Å²) in [6.45, 7) is 0.832. The fourth-order valence-corrected chi connectivity index (χ4v) is 2.95. The largest absolute Gasteiger partial charge is 0.481 e. The third-order valence-corrected chi connectivity index (χ3v) is 4.01. The number of hydrogen-bond acceptors (Lipinski definition) is 6. The van der Waals surface area contributed by atoms with E-state index in [0.29, 0.717) is 5.17 Å². The molecule has 0 saturated carbocycles. The van der Waals surface area contributed by atoms with Gasteiger partial charge in [-0.2, -0.15) is 5.10 Å². The van der Waals surface area contributed by atoms with Crippen molar-refractivity contribution in [3.63, 3.8) is 0 Å². The fraction of sp³-hybridized carbons (Fsp3) is 0.333. The normalized spacial score (nSPS) is 19.7. The van der Waals surface area contributed by atoms with Gasteiger partial charge >= 0.3 is 5.97 Å². The van der Waals surface area contributed by atoms with Gasteiger partial charge in [0.15, 0.2) is 5.17 Å². The summed E-state index contributed by atoms with van der Waals surface area (Å²) >= 11 is 1.08. The average Bonchev–Trinajstić information content (AvgIpc) is 2.78. The first-order valence-corrected chi connectivity index (χ1v) is 7.86. The molecule has 1 aliphatic rings. The van der Waals surface area contributed by atoms with Gasteiger partial charge in [-0.25, -0.2) is 0 Å². The number of benzene rings is 1. The minimum absolute atomic E-state index is 0.230. The van der Waals surface area contributed by atoms with Crippen molar-refractivity contribution < 1.29 is 14.7 Å². The SMILES string of the molecule is CN(C)Cc1cccc(C=NN=C2NC(=O)C(CC(=O)O)S2)c1. The molecule has 0 spiro atoms. The average molecular weight is 334 g/mol. The van der Waals surface area contributed by atoms with Crippen molar-refractivity contribution in [2.24, 2.45) is 10.2 Å². The van der Waals surface area contributed by atoms with Gasteiger partial charge in [0.1, 0.15) is 5.25 Å². The zero-order valence-electron chi connectivity index (χ0n) is 12.9. The standard InChI is InChI=1S/C15H18N4O3S/c1-19(2)9-11-5-3-4-10(6-11)8-16-18-15-17-14(22)12(23-15)7-13(20)21/h3-6,8,12H,7,9H2,1-2H3,(H,20,21)(H,17,18,22). The highest BCUT2D eigenvalue weighted by atomic mass is 32.2. The zero-order valence-corrected chi connectivity index (χ0v) is 13.7. The van der Waals surface area contributed by atoms with Crippen LogP contribution in [0.1, 0.15) is 17.5 Å². The highest BCUT2D eigenvalue weighted by molar-refractivity contribution is 8.15. The lowest BCUT2D eigenvalue weighted by atomic mass is 10.1. The Kier molecular flexibility index (Phi) is 5.89. The van der Waals surface area contributed by atoms with Crippen LogP contribution in [0.2, 0.25) is 0 Å². The molecule has 2 rings (SSSR count). The number of amidine groups is 1. The number of thioether (sulfide) groups is 1. The number of carbonyl (C=O) groups excluding carboxylic acids is 1. The molecule has 1 unspecified atom stereocenters. The molecule has 1 heterocycles. The summed E-state index contributed by atoms with van der Waals surface area (Å²) in [5, 5.41) is 18.8. The Labute approximate surface area is 138 Å². The molecular weight excluding hydrogens is 316 g/mol. The predicted octanol–water partition coefficient (Wildman–Crippen LogP) is 1.14. The Bertz CT molecular complexity index is 658. The van der Waals surface area contributed by atoms with Gasteiger partial charge in [-0.15, -0.1) is 5.10 Å². The molecule has 1 aromatic rings. The number of carboxylic acid groups (broad SMARTS) is 1. The van der Waals surface area contributed by atoms with E-state index in [9.17, 15) is 9.59 Å². The topological polar surface area (TPSA) is 94.4 Å². The third-order valence-electron chi connectivity index (χ3n) is 2.94. The fourth-order valence-electron chi connectivity index (χ4n) is 2.03. The molecule has 0 bridgehead atoms. The van der Waals surface area contributed by atoms with E-state index in [1.807, 2.05) is 38.4 Å². The lowest BCUT2D eigenvalue weighted by Gasteiger charge is -2.09. The first kappa shape index (κ1) is 17.2. The highest BCUT2D eigenvalue weighted by Gasteiger charge is 2.32. The highest BCUT2D eigenvalue weighted by Crippen LogP contribution is 2.22. The van der Waals surface area contributed by atoms with E-state index in [0.717, 1.165) is 29.4 Å². The van der Waals surface area contributed by atoms with Gasteiger partial charge in [0.25, 0.3) is 0 Å². The lowest BCUT2D eigenvalue weighted by Crippen LogP contribution is -2.26. The van der Waals surface area contributed by atoms with E-state index in [2.05, 4.69) is 20.4 Å². The van der Waals surface area contributed by atoms with Crippen molar-refractivity contribution in [2.75, 3.05) is 14.1 Å². The van der Waals surface area contributed by atoms with Crippen LogP contribution in [0.4, 0.5) is 0 Å². The van der Waals surface area contributed by atoms with Crippen molar-refractivity contribution in [3.8, 4) is 0 Å². The van der Waals surface area contributed by atoms with Crippen molar-refractivity contribution in [1.29, 1.82) is 0 Å². The number of nitrogens with one attached hydrogen (secondary N) is 1. The Balaban J connectivity index is 1.98. The summed E-state index contributed by atoms with van der Waals surface area (Å²) in [5.41, 5.74) is 2.07. The van der Waals surface area contributed by atoms with E-state index in [1.54, 1.807) is 6.21 Å². The summed E-state index contributed by atoms with van der Waals surface area (Å²) in [6, 6.07) is 7.91. The van der Waals surface area contributed by atoms with Crippen molar-refractivity contribution in [2.45, 2.75) is 18.2 Å². The predicted molar refractivity (Wildman–Crippen MR) is 90.6 cm³/mol. The number of hydrogen-bond donors (Lipinski definition) is 2. The molecule has 1 fully saturated rings. The van der Waals surface area contributed by atoms with Crippen LogP contribution in [-0.4, -0.2) is 52.6 Å². The second-order valence-corrected chi connectivity index (χ2v) is 6.52. The molecule has 122 valence electrons. The quantitative estimate of drug-likeness (QED) is 0.601. The summed E-state index contributed by atoms with van der Waals surface area (Å²) in [5.74, 6) is -1.36. The van der Waals surface area contributed by atoms with Crippen molar-refractivity contribution >= 4 is 35.0 Å². The monoisotopic (exact) mass is 334 g/mol. The van der Waals surface area contributed by atoms with E-state index in [4.69, 9.17) is 5.11 Å². The van der Waals surface area contributed by atoms with Gasteiger partial charge in [0.05, 0.1) is 12.6 Å². The Morgan fingerprint density at radius 3 is 2.96 bits per heavy atom. The second-order valence-electron chi connectivity index (χ2n) is 5.33. The molecule has 1 aliphatic heterocycles. The van der Waals surface area contributed by atoms with Gasteiger partial charge in [0, 0.05) is 6.54 Å². The molecule has 1 aromatic carbocycles. The number of rotatable bonds is 6. The smallest absolute Gasteiger partial charge is 0.305 e. The number of aliphatic carboxylic acids is 1. The molecule has 8 heteroatoms. The summed E-state index contributed by atoms with van der Waals surface area (Å²) in [4.78, 5) is 24.3. The Morgan fingerprint density at radius 1 is 1.48 bits per heavy atom. The molecule has 7 nitrogen and oxygen atoms in total. The zero-order chi connectivity index (χ0) is 16.8. The molecule has 1 saturated heterocycles. The minimum Gasteiger partial charge on any atom is -0.481 e. The van der Waals surface area contributed by atoms with Crippen LogP contribution in [0.15, 0.2) is 34.5 Å². The second kappa shape index (κ2) is 7.89. The number of carboxylic acids is 1. The van der Waals surface area contributed by atoms with E-state index in [-0.39, 0.29) is 12.3 Å². The van der Waals surface area contributed by atoms with Crippen LogP contribution in [0.25, 0.3) is 0 Å². The van der Waals surface area contributed by atoms with E-state index < -0.39 is 11.2 Å². The van der Waals surface area contributed by atoms with Crippen LogP contribution in [0, 0.1) is 0 Å². The van der Waals surface area contributed by atoms with Crippen molar-refractivity contribution in [1.82, 2.24) is 10.2 Å². The maximum atomic E-state index is 11.6. The summed E-state index contributed by atoms with van der Waals surface area (Å²) in [6.07, 6.45) is 1.37. The van der Waals surface area contributed by atoms with E-state index in [1.165, 1.54) is 0 Å². The van der Waals surface area contributed by atoms with Crippen LogP contribution < -0.4 is 5.32 Å². The molecule has 0 radical (unpaired) electrons. The first-order chi connectivity index (χ1) is 10.9. The maximum Gasteiger partial charge on any atom is 0.305 e.